The fourth-order valence-corrected chi connectivity index (χ4v) is 2.78. The number of nitrogens with zero attached hydrogens (tertiary/aromatic N) is 4. The van der Waals surface area contributed by atoms with Gasteiger partial charge in [0.05, 0.1) is 11.3 Å². The SMILES string of the molecule is CCN(CC)C1CCN(c2nccc(C#N)c2N)C1. The summed E-state index contributed by atoms with van der Waals surface area (Å²) in [5, 5.41) is 9.02. The predicted octanol–water partition coefficient (Wildman–Crippen LogP) is 1.46. The van der Waals surface area contributed by atoms with Crippen molar-refractivity contribution in [3.8, 4) is 6.07 Å². The highest BCUT2D eigenvalue weighted by Gasteiger charge is 2.28. The molecule has 0 saturated carbocycles. The minimum absolute atomic E-state index is 0.505. The molecular weight excluding hydrogens is 238 g/mol. The molecule has 0 spiro atoms. The zero-order valence-corrected chi connectivity index (χ0v) is 11.6. The largest absolute Gasteiger partial charge is 0.395 e. The van der Waals surface area contributed by atoms with Crippen LogP contribution in [0.2, 0.25) is 0 Å². The van der Waals surface area contributed by atoms with Crippen molar-refractivity contribution in [3.05, 3.63) is 17.8 Å². The van der Waals surface area contributed by atoms with Crippen LogP contribution in [0.3, 0.4) is 0 Å². The van der Waals surface area contributed by atoms with Gasteiger partial charge in [0.2, 0.25) is 0 Å². The molecule has 2 rings (SSSR count). The van der Waals surface area contributed by atoms with Gasteiger partial charge in [-0.2, -0.15) is 5.26 Å². The third-order valence-corrected chi connectivity index (χ3v) is 3.88. The summed E-state index contributed by atoms with van der Waals surface area (Å²) in [6, 6.07) is 4.33. The molecule has 0 radical (unpaired) electrons. The van der Waals surface area contributed by atoms with Gasteiger partial charge in [-0.1, -0.05) is 13.8 Å². The van der Waals surface area contributed by atoms with E-state index in [0.717, 1.165) is 38.4 Å². The Morgan fingerprint density at radius 2 is 2.26 bits per heavy atom. The minimum atomic E-state index is 0.505. The van der Waals surface area contributed by atoms with E-state index in [2.05, 4.69) is 34.7 Å². The molecule has 1 atom stereocenters. The zero-order chi connectivity index (χ0) is 13.8. The van der Waals surface area contributed by atoms with Crippen molar-refractivity contribution in [2.75, 3.05) is 36.8 Å². The molecular formula is C14H21N5. The van der Waals surface area contributed by atoms with E-state index < -0.39 is 0 Å². The molecule has 1 aliphatic rings. The lowest BCUT2D eigenvalue weighted by molar-refractivity contribution is 0.232. The number of nitrogen functional groups attached to an aromatic ring is 1. The lowest BCUT2D eigenvalue weighted by atomic mass is 10.2. The topological polar surface area (TPSA) is 69.2 Å². The van der Waals surface area contributed by atoms with Crippen molar-refractivity contribution >= 4 is 11.5 Å². The summed E-state index contributed by atoms with van der Waals surface area (Å²) in [5.41, 5.74) is 7.04. The number of hydrogen-bond donors (Lipinski definition) is 1. The summed E-state index contributed by atoms with van der Waals surface area (Å²) in [6.45, 7) is 8.40. The molecule has 102 valence electrons. The summed E-state index contributed by atoms with van der Waals surface area (Å²) in [7, 11) is 0. The minimum Gasteiger partial charge on any atom is -0.395 e. The maximum Gasteiger partial charge on any atom is 0.153 e. The van der Waals surface area contributed by atoms with Gasteiger partial charge in [0, 0.05) is 25.3 Å². The average Bonchev–Trinajstić information content (AvgIpc) is 2.90. The van der Waals surface area contributed by atoms with E-state index in [0.29, 0.717) is 17.3 Å². The second kappa shape index (κ2) is 5.89. The van der Waals surface area contributed by atoms with Crippen LogP contribution in [-0.4, -0.2) is 42.1 Å². The normalized spacial score (nSPS) is 18.8. The Balaban J connectivity index is 2.15. The van der Waals surface area contributed by atoms with Crippen LogP contribution in [0.25, 0.3) is 0 Å². The molecule has 2 heterocycles. The van der Waals surface area contributed by atoms with E-state index in [9.17, 15) is 0 Å². The second-order valence-electron chi connectivity index (χ2n) is 4.82. The first-order valence-electron chi connectivity index (χ1n) is 6.84. The first kappa shape index (κ1) is 13.6. The first-order chi connectivity index (χ1) is 9.21. The monoisotopic (exact) mass is 259 g/mol. The molecule has 19 heavy (non-hydrogen) atoms. The number of likely N-dealkylation sites (N-methyl/N-ethyl adjacent to an activating group) is 1. The number of nitriles is 1. The van der Waals surface area contributed by atoms with Gasteiger partial charge in [0.25, 0.3) is 0 Å². The van der Waals surface area contributed by atoms with Crippen LogP contribution >= 0.6 is 0 Å². The van der Waals surface area contributed by atoms with E-state index in [1.807, 2.05) is 0 Å². The Labute approximate surface area is 114 Å². The highest BCUT2D eigenvalue weighted by Crippen LogP contribution is 2.27. The number of pyridine rings is 1. The van der Waals surface area contributed by atoms with Gasteiger partial charge in [-0.15, -0.1) is 0 Å². The molecule has 1 aliphatic heterocycles. The van der Waals surface area contributed by atoms with Crippen LogP contribution in [0.15, 0.2) is 12.3 Å². The molecule has 5 heteroatoms. The number of rotatable bonds is 4. The highest BCUT2D eigenvalue weighted by molar-refractivity contribution is 5.70. The van der Waals surface area contributed by atoms with Crippen LogP contribution in [0.4, 0.5) is 11.5 Å². The van der Waals surface area contributed by atoms with E-state index >= 15 is 0 Å². The molecule has 1 unspecified atom stereocenters. The predicted molar refractivity (Wildman–Crippen MR) is 76.9 cm³/mol. The third kappa shape index (κ3) is 2.64. The van der Waals surface area contributed by atoms with Gasteiger partial charge in [-0.05, 0) is 25.6 Å². The summed E-state index contributed by atoms with van der Waals surface area (Å²) in [6.07, 6.45) is 2.79. The van der Waals surface area contributed by atoms with Crippen molar-refractivity contribution < 1.29 is 0 Å². The molecule has 0 amide bonds. The van der Waals surface area contributed by atoms with Crippen molar-refractivity contribution in [2.45, 2.75) is 26.3 Å². The number of hydrogen-bond acceptors (Lipinski definition) is 5. The Morgan fingerprint density at radius 3 is 2.89 bits per heavy atom. The van der Waals surface area contributed by atoms with Crippen LogP contribution in [0.5, 0.6) is 0 Å². The van der Waals surface area contributed by atoms with Crippen molar-refractivity contribution in [2.24, 2.45) is 0 Å². The Hall–Kier alpha value is -1.80. The third-order valence-electron chi connectivity index (χ3n) is 3.88. The number of anilines is 2. The van der Waals surface area contributed by atoms with E-state index in [1.165, 1.54) is 0 Å². The molecule has 0 aliphatic carbocycles. The Bertz CT molecular complexity index is 475. The Kier molecular flexibility index (Phi) is 4.23. The van der Waals surface area contributed by atoms with Crippen molar-refractivity contribution in [1.82, 2.24) is 9.88 Å². The summed E-state index contributed by atoms with van der Waals surface area (Å²) in [4.78, 5) is 9.00. The molecule has 2 N–H and O–H groups in total. The zero-order valence-electron chi connectivity index (χ0n) is 11.6. The maximum absolute atomic E-state index is 9.02. The molecule has 5 nitrogen and oxygen atoms in total. The molecule has 1 fully saturated rings. The van der Waals surface area contributed by atoms with Gasteiger partial charge >= 0.3 is 0 Å². The lowest BCUT2D eigenvalue weighted by Crippen LogP contribution is -2.37. The van der Waals surface area contributed by atoms with Gasteiger partial charge in [-0.25, -0.2) is 4.98 Å². The van der Waals surface area contributed by atoms with Crippen molar-refractivity contribution in [3.63, 3.8) is 0 Å². The number of aromatic nitrogens is 1. The summed E-state index contributed by atoms with van der Waals surface area (Å²) < 4.78 is 0. The molecule has 1 saturated heterocycles. The molecule has 0 aromatic carbocycles. The standard InChI is InChI=1S/C14H21N5/c1-3-18(4-2)12-6-8-19(10-12)14-13(16)11(9-15)5-7-17-14/h5,7,12H,3-4,6,8,10,16H2,1-2H3. The lowest BCUT2D eigenvalue weighted by Gasteiger charge is -2.26. The highest BCUT2D eigenvalue weighted by atomic mass is 15.3. The first-order valence-corrected chi connectivity index (χ1v) is 6.84. The van der Waals surface area contributed by atoms with Crippen LogP contribution in [-0.2, 0) is 0 Å². The quantitative estimate of drug-likeness (QED) is 0.886. The fourth-order valence-electron chi connectivity index (χ4n) is 2.78. The van der Waals surface area contributed by atoms with Gasteiger partial charge < -0.3 is 10.6 Å². The van der Waals surface area contributed by atoms with Gasteiger partial charge in [0.15, 0.2) is 5.82 Å². The van der Waals surface area contributed by atoms with E-state index in [4.69, 9.17) is 11.0 Å². The maximum atomic E-state index is 9.02. The van der Waals surface area contributed by atoms with Crippen LogP contribution < -0.4 is 10.6 Å². The van der Waals surface area contributed by atoms with Gasteiger partial charge in [0.1, 0.15) is 6.07 Å². The van der Waals surface area contributed by atoms with Crippen LogP contribution in [0.1, 0.15) is 25.8 Å². The van der Waals surface area contributed by atoms with Crippen molar-refractivity contribution in [1.29, 1.82) is 5.26 Å². The smallest absolute Gasteiger partial charge is 0.153 e. The molecule has 0 bridgehead atoms. The summed E-state index contributed by atoms with van der Waals surface area (Å²) >= 11 is 0. The van der Waals surface area contributed by atoms with E-state index in [-0.39, 0.29) is 0 Å². The van der Waals surface area contributed by atoms with E-state index in [1.54, 1.807) is 12.3 Å². The Morgan fingerprint density at radius 1 is 1.53 bits per heavy atom. The molecule has 1 aromatic heterocycles. The average molecular weight is 259 g/mol. The fraction of sp³-hybridized carbons (Fsp3) is 0.571. The second-order valence-corrected chi connectivity index (χ2v) is 4.82. The van der Waals surface area contributed by atoms with Gasteiger partial charge in [-0.3, -0.25) is 4.90 Å². The van der Waals surface area contributed by atoms with Crippen LogP contribution in [0, 0.1) is 11.3 Å². The number of nitrogens with two attached hydrogens (primary N) is 1. The summed E-state index contributed by atoms with van der Waals surface area (Å²) in [5.74, 6) is 0.758. The molecule has 1 aromatic rings.